The molecule has 1 atom stereocenters. The number of likely N-dealkylation sites (N-methyl/N-ethyl adjacent to an activating group) is 1. The number of piperidine rings is 1. The fourth-order valence-corrected chi connectivity index (χ4v) is 3.22. The second-order valence-electron chi connectivity index (χ2n) is 7.95. The van der Waals surface area contributed by atoms with Gasteiger partial charge in [-0.2, -0.15) is 0 Å². The lowest BCUT2D eigenvalue weighted by Gasteiger charge is -2.33. The van der Waals surface area contributed by atoms with E-state index in [4.69, 9.17) is 4.74 Å². The molecule has 2 amide bonds. The number of hydrogen-bond acceptors (Lipinski definition) is 4. The van der Waals surface area contributed by atoms with E-state index in [1.807, 2.05) is 6.92 Å². The predicted molar refractivity (Wildman–Crippen MR) is 117 cm³/mol. The third-order valence-corrected chi connectivity index (χ3v) is 5.11. The van der Waals surface area contributed by atoms with Crippen molar-refractivity contribution in [2.75, 3.05) is 40.3 Å². The Morgan fingerprint density at radius 2 is 1.86 bits per heavy atom. The molecule has 2 N–H and O–H groups in total. The number of carbonyl (C=O) groups is 2. The molecule has 168 valence electrons. The Bertz CT molecular complexity index is 516. The van der Waals surface area contributed by atoms with Gasteiger partial charge >= 0.3 is 6.09 Å². The molecular weight excluding hydrogens is 370 g/mol. The topological polar surface area (TPSA) is 86.3 Å². The first-order valence-corrected chi connectivity index (χ1v) is 11.1. The van der Waals surface area contributed by atoms with Gasteiger partial charge in [-0.1, -0.05) is 32.6 Å². The highest BCUT2D eigenvalue weighted by molar-refractivity contribution is 5.85. The summed E-state index contributed by atoms with van der Waals surface area (Å²) in [5, 5.41) is 6.92. The number of nitrogens with zero attached hydrogens (tertiary/aromatic N) is 3. The smallest absolute Gasteiger partial charge is 0.409 e. The SMILES string of the molecule is CCCCCCC(C)NC(=NCC(=O)N(C)C)NC1CCN(C(=O)OCC)CC1. The Labute approximate surface area is 176 Å². The van der Waals surface area contributed by atoms with Crippen LogP contribution in [0.3, 0.4) is 0 Å². The number of guanidine groups is 1. The van der Waals surface area contributed by atoms with Crippen molar-refractivity contribution in [3.05, 3.63) is 0 Å². The lowest BCUT2D eigenvalue weighted by molar-refractivity contribution is -0.127. The van der Waals surface area contributed by atoms with Crippen LogP contribution in [-0.2, 0) is 9.53 Å². The molecule has 8 nitrogen and oxygen atoms in total. The summed E-state index contributed by atoms with van der Waals surface area (Å²) in [6, 6.07) is 0.501. The summed E-state index contributed by atoms with van der Waals surface area (Å²) < 4.78 is 5.08. The molecule has 0 radical (unpaired) electrons. The number of likely N-dealkylation sites (tertiary alicyclic amines) is 1. The minimum absolute atomic E-state index is 0.0289. The zero-order valence-corrected chi connectivity index (χ0v) is 19.0. The third kappa shape index (κ3) is 10.4. The molecule has 0 bridgehead atoms. The van der Waals surface area contributed by atoms with Gasteiger partial charge in [0.25, 0.3) is 0 Å². The van der Waals surface area contributed by atoms with E-state index in [1.54, 1.807) is 23.9 Å². The Morgan fingerprint density at radius 1 is 1.17 bits per heavy atom. The van der Waals surface area contributed by atoms with Crippen LogP contribution in [0.5, 0.6) is 0 Å². The van der Waals surface area contributed by atoms with Gasteiger partial charge in [-0.25, -0.2) is 9.79 Å². The normalized spacial score (nSPS) is 16.3. The molecule has 1 rings (SSSR count). The van der Waals surface area contributed by atoms with Crippen LogP contribution in [-0.4, -0.2) is 80.2 Å². The Balaban J connectivity index is 2.59. The molecule has 0 spiro atoms. The van der Waals surface area contributed by atoms with Crippen LogP contribution in [0.2, 0.25) is 0 Å². The lowest BCUT2D eigenvalue weighted by Crippen LogP contribution is -2.51. The van der Waals surface area contributed by atoms with Gasteiger partial charge in [0.15, 0.2) is 5.96 Å². The molecule has 8 heteroatoms. The van der Waals surface area contributed by atoms with Crippen molar-refractivity contribution in [1.82, 2.24) is 20.4 Å². The van der Waals surface area contributed by atoms with Crippen molar-refractivity contribution in [2.45, 2.75) is 77.8 Å². The van der Waals surface area contributed by atoms with Crippen molar-refractivity contribution in [3.8, 4) is 0 Å². The van der Waals surface area contributed by atoms with Gasteiger partial charge in [-0.3, -0.25) is 4.79 Å². The van der Waals surface area contributed by atoms with Gasteiger partial charge in [0.05, 0.1) is 6.61 Å². The first kappa shape index (κ1) is 25.0. The number of hydrogen-bond donors (Lipinski definition) is 2. The molecule has 1 aliphatic rings. The minimum Gasteiger partial charge on any atom is -0.450 e. The predicted octanol–water partition coefficient (Wildman–Crippen LogP) is 2.59. The molecule has 0 saturated carbocycles. The summed E-state index contributed by atoms with van der Waals surface area (Å²) in [4.78, 5) is 31.6. The largest absolute Gasteiger partial charge is 0.450 e. The van der Waals surface area contributed by atoms with Crippen LogP contribution in [0, 0.1) is 0 Å². The summed E-state index contributed by atoms with van der Waals surface area (Å²) in [7, 11) is 3.47. The summed E-state index contributed by atoms with van der Waals surface area (Å²) in [6.45, 7) is 8.02. The lowest BCUT2D eigenvalue weighted by atomic mass is 10.1. The van der Waals surface area contributed by atoms with Crippen molar-refractivity contribution >= 4 is 18.0 Å². The molecule has 0 aliphatic carbocycles. The highest BCUT2D eigenvalue weighted by Gasteiger charge is 2.24. The number of unbranched alkanes of at least 4 members (excludes halogenated alkanes) is 3. The Kier molecular flexibility index (Phi) is 12.1. The van der Waals surface area contributed by atoms with E-state index in [9.17, 15) is 9.59 Å². The van der Waals surface area contributed by atoms with E-state index in [-0.39, 0.29) is 30.6 Å². The van der Waals surface area contributed by atoms with Crippen molar-refractivity contribution in [1.29, 1.82) is 0 Å². The molecule has 0 aromatic carbocycles. The zero-order valence-electron chi connectivity index (χ0n) is 19.0. The Hall–Kier alpha value is -1.99. The van der Waals surface area contributed by atoms with Crippen LogP contribution in [0.25, 0.3) is 0 Å². The monoisotopic (exact) mass is 411 g/mol. The minimum atomic E-state index is -0.241. The van der Waals surface area contributed by atoms with Gasteiger partial charge in [0, 0.05) is 39.3 Å². The maximum Gasteiger partial charge on any atom is 0.409 e. The fraction of sp³-hybridized carbons (Fsp3) is 0.857. The van der Waals surface area contributed by atoms with Crippen molar-refractivity contribution in [3.63, 3.8) is 0 Å². The molecule has 1 heterocycles. The highest BCUT2D eigenvalue weighted by Crippen LogP contribution is 2.12. The fourth-order valence-electron chi connectivity index (χ4n) is 3.22. The maximum atomic E-state index is 12.0. The van der Waals surface area contributed by atoms with Crippen molar-refractivity contribution in [2.24, 2.45) is 4.99 Å². The molecule has 29 heavy (non-hydrogen) atoms. The maximum absolute atomic E-state index is 12.0. The summed E-state index contributed by atoms with van der Waals surface area (Å²) in [6.07, 6.45) is 7.41. The average Bonchev–Trinajstić information content (AvgIpc) is 2.69. The first-order chi connectivity index (χ1) is 13.9. The number of ether oxygens (including phenoxy) is 1. The number of carbonyl (C=O) groups excluding carboxylic acids is 2. The quantitative estimate of drug-likeness (QED) is 0.328. The molecule has 0 aromatic rings. The van der Waals surface area contributed by atoms with Gasteiger partial charge < -0.3 is 25.2 Å². The molecule has 1 saturated heterocycles. The van der Waals surface area contributed by atoms with Crippen molar-refractivity contribution < 1.29 is 14.3 Å². The Morgan fingerprint density at radius 3 is 2.45 bits per heavy atom. The molecule has 1 aliphatic heterocycles. The van der Waals surface area contributed by atoms with Crippen LogP contribution in [0.15, 0.2) is 4.99 Å². The van der Waals surface area contributed by atoms with E-state index < -0.39 is 0 Å². The van der Waals surface area contributed by atoms with E-state index in [2.05, 4.69) is 29.5 Å². The summed E-state index contributed by atoms with van der Waals surface area (Å²) in [5.74, 6) is 0.650. The molecule has 1 fully saturated rings. The third-order valence-electron chi connectivity index (χ3n) is 5.11. The van der Waals surface area contributed by atoms with Gasteiger partial charge in [0.2, 0.25) is 5.91 Å². The molecular formula is C21H41N5O3. The highest BCUT2D eigenvalue weighted by atomic mass is 16.6. The average molecular weight is 412 g/mol. The van der Waals surface area contributed by atoms with E-state index in [0.717, 1.165) is 19.3 Å². The number of aliphatic imine (C=N–C) groups is 1. The van der Waals surface area contributed by atoms with E-state index in [1.165, 1.54) is 25.7 Å². The second-order valence-corrected chi connectivity index (χ2v) is 7.95. The van der Waals surface area contributed by atoms with Crippen LogP contribution in [0.1, 0.15) is 65.7 Å². The number of nitrogens with one attached hydrogen (secondary N) is 2. The van der Waals surface area contributed by atoms with Crippen LogP contribution < -0.4 is 10.6 Å². The van der Waals surface area contributed by atoms with Gasteiger partial charge in [-0.05, 0) is 33.1 Å². The number of rotatable bonds is 10. The zero-order chi connectivity index (χ0) is 21.6. The summed E-state index contributed by atoms with van der Waals surface area (Å²) >= 11 is 0. The van der Waals surface area contributed by atoms with E-state index >= 15 is 0 Å². The van der Waals surface area contributed by atoms with E-state index in [0.29, 0.717) is 25.7 Å². The van der Waals surface area contributed by atoms with Crippen LogP contribution >= 0.6 is 0 Å². The standard InChI is InChI=1S/C21H41N5O3/c1-6-8-9-10-11-17(3)23-20(22-16-19(27)25(4)5)24-18-12-14-26(15-13-18)21(28)29-7-2/h17-18H,6-16H2,1-5H3,(H2,22,23,24). The number of amides is 2. The van der Waals surface area contributed by atoms with Gasteiger partial charge in [0.1, 0.15) is 6.54 Å². The first-order valence-electron chi connectivity index (χ1n) is 11.1. The van der Waals surface area contributed by atoms with Gasteiger partial charge in [-0.15, -0.1) is 0 Å². The molecule has 1 unspecified atom stereocenters. The second kappa shape index (κ2) is 14.1. The molecule has 0 aromatic heterocycles. The van der Waals surface area contributed by atoms with Crippen LogP contribution in [0.4, 0.5) is 4.79 Å². The summed E-state index contributed by atoms with van der Waals surface area (Å²) in [5.41, 5.74) is 0.